The average Bonchev–Trinajstić information content (AvgIpc) is 2.98. The molecule has 0 saturated heterocycles. The van der Waals surface area contributed by atoms with E-state index in [9.17, 15) is 14.0 Å². The highest BCUT2D eigenvalue weighted by atomic mass is 19.1. The van der Waals surface area contributed by atoms with Crippen LogP contribution in [-0.2, 0) is 11.2 Å². The van der Waals surface area contributed by atoms with Crippen LogP contribution in [0.15, 0.2) is 36.4 Å². The molecule has 1 aliphatic heterocycles. The zero-order valence-electron chi connectivity index (χ0n) is 13.4. The Morgan fingerprint density at radius 1 is 1.21 bits per heavy atom. The molecule has 2 aromatic carbocycles. The third kappa shape index (κ3) is 2.95. The molecule has 5 nitrogen and oxygen atoms in total. The number of nitrogens with zero attached hydrogens (tertiary/aromatic N) is 1. The molecule has 0 spiro atoms. The van der Waals surface area contributed by atoms with Crippen molar-refractivity contribution < 1.29 is 18.7 Å². The van der Waals surface area contributed by atoms with Crippen molar-refractivity contribution >= 4 is 23.2 Å². The predicted molar refractivity (Wildman–Crippen MR) is 89.1 cm³/mol. The van der Waals surface area contributed by atoms with Gasteiger partial charge in [-0.1, -0.05) is 0 Å². The summed E-state index contributed by atoms with van der Waals surface area (Å²) in [6.07, 6.45) is 0.738. The fourth-order valence-corrected chi connectivity index (χ4v) is 2.86. The Morgan fingerprint density at radius 2 is 2.00 bits per heavy atom. The van der Waals surface area contributed by atoms with Gasteiger partial charge in [0.05, 0.1) is 12.7 Å². The van der Waals surface area contributed by atoms with Gasteiger partial charge in [-0.05, 0) is 48.4 Å². The van der Waals surface area contributed by atoms with E-state index in [1.54, 1.807) is 11.0 Å². The van der Waals surface area contributed by atoms with Crippen molar-refractivity contribution in [3.8, 4) is 5.75 Å². The predicted octanol–water partition coefficient (Wildman–Crippen LogP) is 3.00. The number of carbonyl (C=O) groups excluding carboxylic acids is 2. The Labute approximate surface area is 139 Å². The molecule has 2 aromatic rings. The molecule has 3 rings (SSSR count). The number of hydrogen-bond donors (Lipinski definition) is 1. The highest BCUT2D eigenvalue weighted by molar-refractivity contribution is 6.06. The van der Waals surface area contributed by atoms with Crippen molar-refractivity contribution in [1.29, 1.82) is 0 Å². The van der Waals surface area contributed by atoms with Crippen LogP contribution in [0.25, 0.3) is 0 Å². The van der Waals surface area contributed by atoms with Gasteiger partial charge in [-0.25, -0.2) is 4.39 Å². The van der Waals surface area contributed by atoms with Crippen molar-refractivity contribution in [2.45, 2.75) is 13.3 Å². The second-order valence-electron chi connectivity index (χ2n) is 5.56. The Morgan fingerprint density at radius 3 is 2.71 bits per heavy atom. The molecule has 1 N–H and O–H groups in total. The third-order valence-corrected chi connectivity index (χ3v) is 4.02. The molecule has 24 heavy (non-hydrogen) atoms. The number of hydrogen-bond acceptors (Lipinski definition) is 3. The molecule has 1 aliphatic rings. The molecule has 6 heteroatoms. The van der Waals surface area contributed by atoms with E-state index in [2.05, 4.69) is 5.32 Å². The molecule has 0 aromatic heterocycles. The Bertz CT molecular complexity index is 820. The minimum atomic E-state index is -0.507. The number of ether oxygens (including phenoxy) is 1. The monoisotopic (exact) mass is 328 g/mol. The Hall–Kier alpha value is -2.89. The Balaban J connectivity index is 1.84. The normalized spacial score (nSPS) is 12.7. The van der Waals surface area contributed by atoms with Crippen LogP contribution in [0.4, 0.5) is 15.8 Å². The quantitative estimate of drug-likeness (QED) is 0.942. The summed E-state index contributed by atoms with van der Waals surface area (Å²) >= 11 is 0. The zero-order valence-corrected chi connectivity index (χ0v) is 13.4. The summed E-state index contributed by atoms with van der Waals surface area (Å²) in [5, 5.41) is 2.74. The number of nitrogens with one attached hydrogen (secondary N) is 1. The first-order valence-electron chi connectivity index (χ1n) is 7.55. The van der Waals surface area contributed by atoms with Crippen molar-refractivity contribution in [1.82, 2.24) is 0 Å². The first kappa shape index (κ1) is 16.0. The van der Waals surface area contributed by atoms with E-state index in [-0.39, 0.29) is 11.5 Å². The summed E-state index contributed by atoms with van der Waals surface area (Å²) < 4.78 is 18.5. The molecule has 0 unspecified atom stereocenters. The van der Waals surface area contributed by atoms with Gasteiger partial charge in [-0.2, -0.15) is 0 Å². The SMILES string of the molecule is COc1ccc(F)cc1C(=O)Nc1ccc2c(c1)CCN2C(C)=O. The maximum Gasteiger partial charge on any atom is 0.259 e. The first-order valence-corrected chi connectivity index (χ1v) is 7.55. The van der Waals surface area contributed by atoms with E-state index >= 15 is 0 Å². The summed E-state index contributed by atoms with van der Waals surface area (Å²) in [6.45, 7) is 2.17. The number of rotatable bonds is 3. The summed E-state index contributed by atoms with van der Waals surface area (Å²) in [7, 11) is 1.43. The number of fused-ring (bicyclic) bond motifs is 1. The number of benzene rings is 2. The highest BCUT2D eigenvalue weighted by Crippen LogP contribution is 2.31. The maximum atomic E-state index is 13.4. The van der Waals surface area contributed by atoms with Crippen LogP contribution in [0, 0.1) is 5.82 Å². The molecule has 0 aliphatic carbocycles. The van der Waals surface area contributed by atoms with Crippen LogP contribution in [0.1, 0.15) is 22.8 Å². The molecular weight excluding hydrogens is 311 g/mol. The summed E-state index contributed by atoms with van der Waals surface area (Å²) in [4.78, 5) is 25.7. The van der Waals surface area contributed by atoms with Crippen molar-refractivity contribution in [2.75, 3.05) is 23.9 Å². The summed E-state index contributed by atoms with van der Waals surface area (Å²) in [5.41, 5.74) is 2.58. The lowest BCUT2D eigenvalue weighted by Crippen LogP contribution is -2.25. The molecular formula is C18H17FN2O3. The van der Waals surface area contributed by atoms with Gasteiger partial charge in [-0.3, -0.25) is 9.59 Å². The summed E-state index contributed by atoms with van der Waals surface area (Å²) in [6, 6.07) is 9.16. The molecule has 0 atom stereocenters. The van der Waals surface area contributed by atoms with Crippen LogP contribution in [0.3, 0.4) is 0 Å². The minimum absolute atomic E-state index is 0.00460. The number of methoxy groups -OCH3 is 1. The van der Waals surface area contributed by atoms with Crippen molar-refractivity contribution in [2.24, 2.45) is 0 Å². The van der Waals surface area contributed by atoms with Gasteiger partial charge in [0.1, 0.15) is 11.6 Å². The topological polar surface area (TPSA) is 58.6 Å². The third-order valence-electron chi connectivity index (χ3n) is 4.02. The lowest BCUT2D eigenvalue weighted by molar-refractivity contribution is -0.116. The van der Waals surface area contributed by atoms with Gasteiger partial charge < -0.3 is 15.0 Å². The molecule has 0 bridgehead atoms. The number of halogens is 1. The van der Waals surface area contributed by atoms with E-state index in [1.807, 2.05) is 12.1 Å². The van der Waals surface area contributed by atoms with Gasteiger partial charge in [0.25, 0.3) is 5.91 Å². The molecule has 0 saturated carbocycles. The largest absolute Gasteiger partial charge is 0.496 e. The van der Waals surface area contributed by atoms with Crippen LogP contribution < -0.4 is 15.0 Å². The molecule has 0 fully saturated rings. The first-order chi connectivity index (χ1) is 11.5. The van der Waals surface area contributed by atoms with Gasteiger partial charge in [0.2, 0.25) is 5.91 Å². The maximum absolute atomic E-state index is 13.4. The van der Waals surface area contributed by atoms with Crippen molar-refractivity contribution in [3.05, 3.63) is 53.3 Å². The standard InChI is InChI=1S/C18H17FN2O3/c1-11(22)21-8-7-12-9-14(4-5-16(12)21)20-18(23)15-10-13(19)3-6-17(15)24-2/h3-6,9-10H,7-8H2,1-2H3,(H,20,23). The van der Waals surface area contributed by atoms with E-state index < -0.39 is 11.7 Å². The second-order valence-corrected chi connectivity index (χ2v) is 5.56. The molecule has 1 heterocycles. The van der Waals surface area contributed by atoms with Crippen molar-refractivity contribution in [3.63, 3.8) is 0 Å². The molecule has 0 radical (unpaired) electrons. The van der Waals surface area contributed by atoms with Crippen LogP contribution in [0.2, 0.25) is 0 Å². The van der Waals surface area contributed by atoms with Crippen LogP contribution in [0.5, 0.6) is 5.75 Å². The van der Waals surface area contributed by atoms with Gasteiger partial charge >= 0.3 is 0 Å². The average molecular weight is 328 g/mol. The van der Waals surface area contributed by atoms with Gasteiger partial charge in [0.15, 0.2) is 0 Å². The van der Waals surface area contributed by atoms with E-state index in [0.29, 0.717) is 18.0 Å². The Kier molecular flexibility index (Phi) is 4.20. The fraction of sp³-hybridized carbons (Fsp3) is 0.222. The van der Waals surface area contributed by atoms with Crippen LogP contribution >= 0.6 is 0 Å². The lowest BCUT2D eigenvalue weighted by atomic mass is 10.1. The van der Waals surface area contributed by atoms with Crippen LogP contribution in [-0.4, -0.2) is 25.5 Å². The zero-order chi connectivity index (χ0) is 17.3. The number of anilines is 2. The minimum Gasteiger partial charge on any atom is -0.496 e. The van der Waals surface area contributed by atoms with E-state index in [1.165, 1.54) is 26.2 Å². The second kappa shape index (κ2) is 6.31. The summed E-state index contributed by atoms with van der Waals surface area (Å²) in [5.74, 6) is -0.660. The molecule has 2 amide bonds. The van der Waals surface area contributed by atoms with Gasteiger partial charge in [-0.15, -0.1) is 0 Å². The van der Waals surface area contributed by atoms with E-state index in [4.69, 9.17) is 4.74 Å². The van der Waals surface area contributed by atoms with Gasteiger partial charge in [0, 0.05) is 24.8 Å². The smallest absolute Gasteiger partial charge is 0.259 e. The number of carbonyl (C=O) groups is 2. The number of amides is 2. The molecule has 124 valence electrons. The lowest BCUT2D eigenvalue weighted by Gasteiger charge is -2.15. The fourth-order valence-electron chi connectivity index (χ4n) is 2.86. The van der Waals surface area contributed by atoms with E-state index in [0.717, 1.165) is 23.7 Å². The highest BCUT2D eigenvalue weighted by Gasteiger charge is 2.22.